The molecular weight excluding hydrogens is 420 g/mol. The summed E-state index contributed by atoms with van der Waals surface area (Å²) in [6.45, 7) is 7.10. The molecule has 3 atom stereocenters. The summed E-state index contributed by atoms with van der Waals surface area (Å²) in [6, 6.07) is 16.3. The number of esters is 1. The smallest absolute Gasteiger partial charge is 0.303 e. The predicted molar refractivity (Wildman–Crippen MR) is 120 cm³/mol. The molecule has 2 heterocycles. The third-order valence-electron chi connectivity index (χ3n) is 5.92. The van der Waals surface area contributed by atoms with Gasteiger partial charge in [-0.15, -0.1) is 0 Å². The van der Waals surface area contributed by atoms with Crippen LogP contribution in [0.1, 0.15) is 56.5 Å². The third-order valence-corrected chi connectivity index (χ3v) is 5.92. The quantitative estimate of drug-likeness (QED) is 0.640. The zero-order valence-corrected chi connectivity index (χ0v) is 19.1. The van der Waals surface area contributed by atoms with Gasteiger partial charge in [0.05, 0.1) is 18.2 Å². The number of carbonyl (C=O) groups is 2. The first-order chi connectivity index (χ1) is 15.7. The van der Waals surface area contributed by atoms with Gasteiger partial charge >= 0.3 is 5.97 Å². The molecule has 2 aliphatic rings. The van der Waals surface area contributed by atoms with Crippen molar-refractivity contribution in [2.75, 3.05) is 6.54 Å². The van der Waals surface area contributed by atoms with Crippen LogP contribution in [0.15, 0.2) is 60.4 Å². The van der Waals surface area contributed by atoms with Gasteiger partial charge in [0.25, 0.3) is 5.91 Å². The van der Waals surface area contributed by atoms with Crippen molar-refractivity contribution in [1.82, 2.24) is 4.90 Å². The number of carbonyl (C=O) groups excluding carboxylic acids is 2. The molecule has 33 heavy (non-hydrogen) atoms. The molecule has 170 valence electrons. The molecule has 2 aromatic carbocycles. The summed E-state index contributed by atoms with van der Waals surface area (Å²) < 4.78 is 17.9. The van der Waals surface area contributed by atoms with Crippen LogP contribution in [-0.4, -0.2) is 35.0 Å². The van der Waals surface area contributed by atoms with Gasteiger partial charge in [0, 0.05) is 18.6 Å². The Morgan fingerprint density at radius 1 is 1.24 bits per heavy atom. The number of hydrogen-bond donors (Lipinski definition) is 0. The van der Waals surface area contributed by atoms with Gasteiger partial charge in [0.1, 0.15) is 29.3 Å². The first-order valence-electron chi connectivity index (χ1n) is 10.8. The number of fused-ring (bicyclic) bond motifs is 1. The van der Waals surface area contributed by atoms with Gasteiger partial charge < -0.3 is 19.1 Å². The van der Waals surface area contributed by atoms with Crippen LogP contribution in [0, 0.1) is 11.3 Å². The highest BCUT2D eigenvalue weighted by molar-refractivity contribution is 5.91. The molecule has 0 saturated heterocycles. The standard InChI is InChI=1S/C26H26N2O5/c1-16(19-8-6-5-7-9-19)31-20-13-23(30)28(15-20)24-21-12-18(14-27)10-11-22(21)33-26(3,4)25(24)32-17(2)29/h5-13,16,24-25H,15H2,1-4H3. The molecule has 0 fully saturated rings. The zero-order chi connectivity index (χ0) is 23.8. The monoisotopic (exact) mass is 446 g/mol. The summed E-state index contributed by atoms with van der Waals surface area (Å²) in [4.78, 5) is 26.7. The molecule has 0 saturated carbocycles. The van der Waals surface area contributed by atoms with E-state index in [1.807, 2.05) is 51.1 Å². The number of ether oxygens (including phenoxy) is 3. The Morgan fingerprint density at radius 3 is 2.64 bits per heavy atom. The van der Waals surface area contributed by atoms with Gasteiger partial charge in [-0.1, -0.05) is 30.3 Å². The first-order valence-corrected chi connectivity index (χ1v) is 10.8. The van der Waals surface area contributed by atoms with Crippen LogP contribution in [0.5, 0.6) is 5.75 Å². The molecule has 7 heteroatoms. The lowest BCUT2D eigenvalue weighted by molar-refractivity contribution is -0.171. The van der Waals surface area contributed by atoms with Crippen LogP contribution >= 0.6 is 0 Å². The van der Waals surface area contributed by atoms with E-state index < -0.39 is 23.7 Å². The van der Waals surface area contributed by atoms with Crippen molar-refractivity contribution in [1.29, 1.82) is 5.26 Å². The number of nitrogens with zero attached hydrogens (tertiary/aromatic N) is 2. The minimum Gasteiger partial charge on any atom is -0.488 e. The lowest BCUT2D eigenvalue weighted by Crippen LogP contribution is -2.55. The molecule has 4 rings (SSSR count). The van der Waals surface area contributed by atoms with Crippen molar-refractivity contribution in [3.63, 3.8) is 0 Å². The summed E-state index contributed by atoms with van der Waals surface area (Å²) >= 11 is 0. The Labute approximate surface area is 193 Å². The van der Waals surface area contributed by atoms with Crippen molar-refractivity contribution < 1.29 is 23.8 Å². The van der Waals surface area contributed by atoms with E-state index in [9.17, 15) is 14.9 Å². The van der Waals surface area contributed by atoms with Crippen molar-refractivity contribution in [3.05, 3.63) is 77.1 Å². The molecule has 1 amide bonds. The van der Waals surface area contributed by atoms with Crippen LogP contribution in [0.4, 0.5) is 0 Å². The number of amides is 1. The minimum absolute atomic E-state index is 0.213. The number of benzene rings is 2. The fourth-order valence-electron chi connectivity index (χ4n) is 4.38. The van der Waals surface area contributed by atoms with Crippen LogP contribution < -0.4 is 4.74 Å². The molecular formula is C26H26N2O5. The average molecular weight is 447 g/mol. The first kappa shape index (κ1) is 22.4. The van der Waals surface area contributed by atoms with Crippen LogP contribution in [-0.2, 0) is 19.1 Å². The van der Waals surface area contributed by atoms with Crippen molar-refractivity contribution >= 4 is 11.9 Å². The predicted octanol–water partition coefficient (Wildman–Crippen LogP) is 4.21. The number of nitriles is 1. The Kier molecular flexibility index (Phi) is 5.86. The second-order valence-corrected chi connectivity index (χ2v) is 8.79. The van der Waals surface area contributed by atoms with E-state index in [1.165, 1.54) is 13.0 Å². The minimum atomic E-state index is -0.904. The Bertz CT molecular complexity index is 1150. The van der Waals surface area contributed by atoms with E-state index in [4.69, 9.17) is 14.2 Å². The SMILES string of the molecule is CC(=O)OC1C(N2CC(OC(C)c3ccccc3)=CC2=O)c2cc(C#N)ccc2OC1(C)C. The normalized spacial score (nSPS) is 21.8. The lowest BCUT2D eigenvalue weighted by atomic mass is 9.84. The second kappa shape index (κ2) is 8.62. The number of hydrogen-bond acceptors (Lipinski definition) is 6. The van der Waals surface area contributed by atoms with Gasteiger partial charge in [-0.25, -0.2) is 0 Å². The zero-order valence-electron chi connectivity index (χ0n) is 19.1. The largest absolute Gasteiger partial charge is 0.488 e. The Balaban J connectivity index is 1.67. The lowest BCUT2D eigenvalue weighted by Gasteiger charge is -2.46. The van der Waals surface area contributed by atoms with Crippen LogP contribution in [0.3, 0.4) is 0 Å². The van der Waals surface area contributed by atoms with Gasteiger partial charge in [0.15, 0.2) is 6.10 Å². The van der Waals surface area contributed by atoms with E-state index in [1.54, 1.807) is 23.1 Å². The van der Waals surface area contributed by atoms with Gasteiger partial charge in [0.2, 0.25) is 0 Å². The van der Waals surface area contributed by atoms with Gasteiger partial charge in [-0.3, -0.25) is 9.59 Å². The Morgan fingerprint density at radius 2 is 1.97 bits per heavy atom. The molecule has 0 spiro atoms. The maximum Gasteiger partial charge on any atom is 0.303 e. The van der Waals surface area contributed by atoms with Crippen molar-refractivity contribution in [2.45, 2.75) is 51.5 Å². The van der Waals surface area contributed by atoms with Crippen molar-refractivity contribution in [3.8, 4) is 11.8 Å². The molecule has 2 aromatic rings. The molecule has 0 bridgehead atoms. The maximum absolute atomic E-state index is 13.1. The third kappa shape index (κ3) is 4.42. The molecule has 0 aromatic heterocycles. The molecule has 0 radical (unpaired) electrons. The van der Waals surface area contributed by atoms with Crippen LogP contribution in [0.25, 0.3) is 0 Å². The highest BCUT2D eigenvalue weighted by atomic mass is 16.6. The fourth-order valence-corrected chi connectivity index (χ4v) is 4.38. The summed E-state index contributed by atoms with van der Waals surface area (Å²) in [5.74, 6) is 0.348. The molecule has 3 unspecified atom stereocenters. The highest BCUT2D eigenvalue weighted by Crippen LogP contribution is 2.46. The summed E-state index contributed by atoms with van der Waals surface area (Å²) in [5.41, 5.74) is 1.15. The van der Waals surface area contributed by atoms with Crippen molar-refractivity contribution in [2.24, 2.45) is 0 Å². The molecule has 2 aliphatic heterocycles. The van der Waals surface area contributed by atoms with E-state index in [2.05, 4.69) is 6.07 Å². The molecule has 0 N–H and O–H groups in total. The highest BCUT2D eigenvalue weighted by Gasteiger charge is 2.50. The Hall–Kier alpha value is -3.79. The number of rotatable bonds is 5. The second-order valence-electron chi connectivity index (χ2n) is 8.79. The van der Waals surface area contributed by atoms with Gasteiger partial charge in [-0.2, -0.15) is 5.26 Å². The van der Waals surface area contributed by atoms with E-state index >= 15 is 0 Å². The average Bonchev–Trinajstić information content (AvgIpc) is 3.13. The van der Waals surface area contributed by atoms with Crippen LogP contribution in [0.2, 0.25) is 0 Å². The van der Waals surface area contributed by atoms with E-state index in [0.29, 0.717) is 22.6 Å². The van der Waals surface area contributed by atoms with E-state index in [0.717, 1.165) is 5.56 Å². The fraction of sp³-hybridized carbons (Fsp3) is 0.346. The van der Waals surface area contributed by atoms with Gasteiger partial charge in [-0.05, 0) is 44.5 Å². The summed E-state index contributed by atoms with van der Waals surface area (Å²) in [6.07, 6.45) is 0.457. The topological polar surface area (TPSA) is 88.9 Å². The van der Waals surface area contributed by atoms with E-state index in [-0.39, 0.29) is 18.6 Å². The molecule has 7 nitrogen and oxygen atoms in total. The molecule has 0 aliphatic carbocycles. The summed E-state index contributed by atoms with van der Waals surface area (Å²) in [7, 11) is 0. The summed E-state index contributed by atoms with van der Waals surface area (Å²) in [5, 5.41) is 9.42. The maximum atomic E-state index is 13.1.